The van der Waals surface area contributed by atoms with E-state index in [0.717, 1.165) is 22.6 Å². The first kappa shape index (κ1) is 27.8. The van der Waals surface area contributed by atoms with Crippen molar-refractivity contribution in [2.75, 3.05) is 11.5 Å². The third kappa shape index (κ3) is 4.94. The molecule has 0 unspecified atom stereocenters. The number of esters is 1. The third-order valence-corrected chi connectivity index (χ3v) is 8.53. The Kier molecular flexibility index (Phi) is 7.17. The Balaban J connectivity index is 1.56. The molecule has 2 heterocycles. The molecule has 0 amide bonds. The molecule has 0 bridgehead atoms. The Bertz CT molecular complexity index is 1270. The second kappa shape index (κ2) is 9.81. The zero-order valence-corrected chi connectivity index (χ0v) is 24.3. The molecule has 0 radical (unpaired) electrons. The van der Waals surface area contributed by atoms with Crippen LogP contribution in [0.5, 0.6) is 0 Å². The largest absolute Gasteiger partial charge is 0.462 e. The normalized spacial score (nSPS) is 19.1. The first-order valence-corrected chi connectivity index (χ1v) is 13.4. The molecular weight excluding hydrogens is 474 g/mol. The van der Waals surface area contributed by atoms with E-state index in [-0.39, 0.29) is 28.2 Å². The number of morpholine rings is 1. The summed E-state index contributed by atoms with van der Waals surface area (Å²) < 4.78 is 11.7. The van der Waals surface area contributed by atoms with E-state index >= 15 is 0 Å². The zero-order valence-electron chi connectivity index (χ0n) is 24.3. The first-order chi connectivity index (χ1) is 17.7. The Hall–Kier alpha value is -3.25. The Morgan fingerprint density at radius 3 is 1.97 bits per heavy atom. The lowest BCUT2D eigenvalue weighted by Crippen LogP contribution is -2.78. The number of carbonyl (C=O) groups is 1. The molecule has 38 heavy (non-hydrogen) atoms. The van der Waals surface area contributed by atoms with Gasteiger partial charge in [-0.1, -0.05) is 24.3 Å². The molecule has 6 heteroatoms. The summed E-state index contributed by atoms with van der Waals surface area (Å²) in [7, 11) is 0. The van der Waals surface area contributed by atoms with E-state index in [0.29, 0.717) is 18.6 Å². The van der Waals surface area contributed by atoms with Crippen LogP contribution in [0, 0.1) is 0 Å². The fourth-order valence-corrected chi connectivity index (χ4v) is 5.35. The van der Waals surface area contributed by atoms with Crippen LogP contribution in [0.2, 0.25) is 0 Å². The number of hydrogen-bond acceptors (Lipinski definition) is 6. The number of aromatic nitrogens is 2. The molecular formula is C32H41N3O3. The minimum atomic E-state index is -0.340. The molecule has 1 saturated heterocycles. The van der Waals surface area contributed by atoms with E-state index < -0.39 is 0 Å². The highest BCUT2D eigenvalue weighted by Crippen LogP contribution is 2.51. The van der Waals surface area contributed by atoms with Crippen LogP contribution >= 0.6 is 0 Å². The van der Waals surface area contributed by atoms with Crippen LogP contribution in [-0.4, -0.2) is 44.8 Å². The van der Waals surface area contributed by atoms with Crippen molar-refractivity contribution in [2.24, 2.45) is 0 Å². The lowest BCUT2D eigenvalue weighted by atomic mass is 9.71. The summed E-state index contributed by atoms with van der Waals surface area (Å²) >= 11 is 0. The first-order valence-electron chi connectivity index (χ1n) is 13.4. The molecule has 1 aliphatic rings. The van der Waals surface area contributed by atoms with Crippen LogP contribution < -0.4 is 4.90 Å². The van der Waals surface area contributed by atoms with Crippen molar-refractivity contribution in [3.05, 3.63) is 77.7 Å². The topological polar surface area (TPSA) is 64.5 Å². The van der Waals surface area contributed by atoms with E-state index in [1.165, 1.54) is 5.69 Å². The van der Waals surface area contributed by atoms with E-state index in [1.54, 1.807) is 25.3 Å². The van der Waals surface area contributed by atoms with Gasteiger partial charge in [0.05, 0.1) is 40.1 Å². The zero-order chi connectivity index (χ0) is 27.9. The number of ether oxygens (including phenoxy) is 2. The highest BCUT2D eigenvalue weighted by Gasteiger charge is 2.60. The molecule has 0 aliphatic carbocycles. The maximum absolute atomic E-state index is 12.0. The summed E-state index contributed by atoms with van der Waals surface area (Å²) in [5.74, 6) is 0.431. The van der Waals surface area contributed by atoms with Crippen molar-refractivity contribution in [3.63, 3.8) is 0 Å². The molecule has 0 N–H and O–H groups in total. The highest BCUT2D eigenvalue weighted by atomic mass is 16.5. The smallest absolute Gasteiger partial charge is 0.338 e. The van der Waals surface area contributed by atoms with Gasteiger partial charge in [-0.05, 0) is 98.2 Å². The van der Waals surface area contributed by atoms with Gasteiger partial charge in [-0.15, -0.1) is 0 Å². The van der Waals surface area contributed by atoms with Crippen LogP contribution in [0.25, 0.3) is 11.3 Å². The fourth-order valence-electron chi connectivity index (χ4n) is 5.35. The predicted molar refractivity (Wildman–Crippen MR) is 153 cm³/mol. The van der Waals surface area contributed by atoms with Gasteiger partial charge in [0.1, 0.15) is 5.82 Å². The number of anilines is 1. The summed E-state index contributed by atoms with van der Waals surface area (Å²) in [6.45, 7) is 19.9. The van der Waals surface area contributed by atoms with Gasteiger partial charge in [0.15, 0.2) is 0 Å². The molecule has 0 atom stereocenters. The minimum Gasteiger partial charge on any atom is -0.462 e. The number of hydrogen-bond donors (Lipinski definition) is 0. The van der Waals surface area contributed by atoms with Gasteiger partial charge in [-0.2, -0.15) is 0 Å². The van der Waals surface area contributed by atoms with Crippen LogP contribution in [0.4, 0.5) is 5.69 Å². The molecule has 1 aromatic heterocycles. The van der Waals surface area contributed by atoms with Gasteiger partial charge < -0.3 is 14.4 Å². The molecule has 1 fully saturated rings. The lowest BCUT2D eigenvalue weighted by molar-refractivity contribution is -0.213. The van der Waals surface area contributed by atoms with Gasteiger partial charge >= 0.3 is 5.97 Å². The van der Waals surface area contributed by atoms with E-state index in [4.69, 9.17) is 14.5 Å². The molecule has 0 saturated carbocycles. The second-order valence-corrected chi connectivity index (χ2v) is 12.1. The van der Waals surface area contributed by atoms with Crippen molar-refractivity contribution in [1.29, 1.82) is 0 Å². The summed E-state index contributed by atoms with van der Waals surface area (Å²) in [4.78, 5) is 23.8. The van der Waals surface area contributed by atoms with Crippen molar-refractivity contribution in [3.8, 4) is 11.3 Å². The molecule has 4 rings (SSSR count). The number of nitrogens with zero attached hydrogens (tertiary/aromatic N) is 3. The highest BCUT2D eigenvalue weighted by molar-refractivity contribution is 5.90. The van der Waals surface area contributed by atoms with Crippen LogP contribution in [-0.2, 0) is 15.9 Å². The van der Waals surface area contributed by atoms with Crippen molar-refractivity contribution < 1.29 is 14.3 Å². The average Bonchev–Trinajstić information content (AvgIpc) is 2.84. The third-order valence-electron chi connectivity index (χ3n) is 8.53. The monoisotopic (exact) mass is 515 g/mol. The summed E-state index contributed by atoms with van der Waals surface area (Å²) in [6, 6.07) is 17.9. The van der Waals surface area contributed by atoms with Gasteiger partial charge in [-0.3, -0.25) is 0 Å². The molecule has 202 valence electrons. The number of carbonyl (C=O) groups excluding carboxylic acids is 1. The van der Waals surface area contributed by atoms with Crippen LogP contribution in [0.1, 0.15) is 84.1 Å². The van der Waals surface area contributed by atoms with Gasteiger partial charge in [0.25, 0.3) is 0 Å². The maximum Gasteiger partial charge on any atom is 0.338 e. The lowest BCUT2D eigenvalue weighted by Gasteiger charge is -2.67. The summed E-state index contributed by atoms with van der Waals surface area (Å²) in [5.41, 5.74) is 3.46. The molecule has 6 nitrogen and oxygen atoms in total. The van der Waals surface area contributed by atoms with Crippen LogP contribution in [0.3, 0.4) is 0 Å². The molecule has 1 aliphatic heterocycles. The summed E-state index contributed by atoms with van der Waals surface area (Å²) in [5, 5.41) is 0. The van der Waals surface area contributed by atoms with E-state index in [9.17, 15) is 4.79 Å². The fraction of sp³-hybridized carbons (Fsp3) is 0.469. The quantitative estimate of drug-likeness (QED) is 0.334. The Morgan fingerprint density at radius 1 is 0.842 bits per heavy atom. The van der Waals surface area contributed by atoms with E-state index in [2.05, 4.69) is 89.5 Å². The molecule has 0 spiro atoms. The van der Waals surface area contributed by atoms with Gasteiger partial charge in [-0.25, -0.2) is 14.8 Å². The maximum atomic E-state index is 12.0. The summed E-state index contributed by atoms with van der Waals surface area (Å²) in [6.07, 6.45) is 2.41. The SMILES string of the molecule is CCOC(=O)c1ccc(-c2ccnc(Cc3ccc(N4C(C)(C)C(C)(C)OC(C)(C)C4(C)C)cc3)n2)cc1. The van der Waals surface area contributed by atoms with Crippen LogP contribution in [0.15, 0.2) is 60.8 Å². The van der Waals surface area contributed by atoms with Gasteiger partial charge in [0.2, 0.25) is 0 Å². The van der Waals surface area contributed by atoms with E-state index in [1.807, 2.05) is 18.2 Å². The molecule has 3 aromatic rings. The predicted octanol–water partition coefficient (Wildman–Crippen LogP) is 6.86. The standard InChI is InChI=1S/C32H41N3O3/c1-10-37-28(36)24-15-13-23(14-16-24)26-19-20-33-27(34-26)21-22-11-17-25(18-12-22)35-29(2,3)31(6,7)38-32(8,9)30(35,4)5/h11-20H,10,21H2,1-9H3. The van der Waals surface area contributed by atoms with Crippen molar-refractivity contribution in [1.82, 2.24) is 9.97 Å². The number of rotatable bonds is 6. The van der Waals surface area contributed by atoms with Crippen molar-refractivity contribution >= 4 is 11.7 Å². The minimum absolute atomic E-state index is 0.228. The number of benzene rings is 2. The Morgan fingerprint density at radius 2 is 1.42 bits per heavy atom. The van der Waals surface area contributed by atoms with Gasteiger partial charge in [0, 0.05) is 23.9 Å². The average molecular weight is 516 g/mol. The molecule has 2 aromatic carbocycles. The Labute approximate surface area is 227 Å². The van der Waals surface area contributed by atoms with Crippen molar-refractivity contribution in [2.45, 2.75) is 91.0 Å². The second-order valence-electron chi connectivity index (χ2n) is 12.1.